The minimum Gasteiger partial charge on any atom is -0.460 e. The molecule has 16 heavy (non-hydrogen) atoms. The van der Waals surface area contributed by atoms with Gasteiger partial charge in [-0.15, -0.1) is 0 Å². The van der Waals surface area contributed by atoms with Gasteiger partial charge in [0.15, 0.2) is 0 Å². The highest BCUT2D eigenvalue weighted by Gasteiger charge is 2.05. The van der Waals surface area contributed by atoms with Gasteiger partial charge in [0.25, 0.3) is 0 Å². The van der Waals surface area contributed by atoms with Crippen LogP contribution in [-0.4, -0.2) is 35.9 Å². The molecule has 0 saturated heterocycles. The van der Waals surface area contributed by atoms with Crippen LogP contribution in [0.25, 0.3) is 0 Å². The smallest absolute Gasteiger partial charge is 0.331 e. The average Bonchev–Trinajstić information content (AvgIpc) is 2.22. The molecule has 5 heteroatoms. The second-order valence-electron chi connectivity index (χ2n) is 3.51. The molecular weight excluding hydrogens is 212 g/mol. The molecule has 0 bridgehead atoms. The number of carbonyl (C=O) groups excluding carboxylic acids is 2. The van der Waals surface area contributed by atoms with Crippen molar-refractivity contribution in [3.05, 3.63) is 12.2 Å². The Balaban J connectivity index is 3.86. The quantitative estimate of drug-likeness (QED) is 0.540. The lowest BCUT2D eigenvalue weighted by atomic mass is 10.3. The zero-order valence-electron chi connectivity index (χ0n) is 9.80. The number of carbonyl (C=O) groups is 2. The second kappa shape index (κ2) is 7.87. The number of hydrogen-bond acceptors (Lipinski definition) is 5. The van der Waals surface area contributed by atoms with E-state index in [-0.39, 0.29) is 12.7 Å². The van der Waals surface area contributed by atoms with Crippen molar-refractivity contribution in [3.63, 3.8) is 0 Å². The number of aliphatic hydroxyl groups is 1. The van der Waals surface area contributed by atoms with Crippen LogP contribution in [0.2, 0.25) is 0 Å². The third-order valence-corrected chi connectivity index (χ3v) is 1.60. The minimum absolute atomic E-state index is 0.0705. The Kier molecular flexibility index (Phi) is 7.20. The number of esters is 2. The topological polar surface area (TPSA) is 72.8 Å². The van der Waals surface area contributed by atoms with Crippen molar-refractivity contribution in [2.24, 2.45) is 0 Å². The van der Waals surface area contributed by atoms with E-state index in [4.69, 9.17) is 9.84 Å². The zero-order valence-corrected chi connectivity index (χ0v) is 9.80. The first-order valence-corrected chi connectivity index (χ1v) is 5.19. The predicted molar refractivity (Wildman–Crippen MR) is 57.6 cm³/mol. The lowest BCUT2D eigenvalue weighted by molar-refractivity contribution is -0.143. The van der Waals surface area contributed by atoms with Crippen molar-refractivity contribution >= 4 is 11.9 Å². The average molecular weight is 230 g/mol. The van der Waals surface area contributed by atoms with Gasteiger partial charge in [-0.3, -0.25) is 0 Å². The van der Waals surface area contributed by atoms with Gasteiger partial charge in [0.2, 0.25) is 0 Å². The maximum absolute atomic E-state index is 11.0. The molecule has 0 saturated carbocycles. The van der Waals surface area contributed by atoms with Gasteiger partial charge in [0.1, 0.15) is 6.61 Å². The van der Waals surface area contributed by atoms with Crippen LogP contribution >= 0.6 is 0 Å². The third-order valence-electron chi connectivity index (χ3n) is 1.60. The van der Waals surface area contributed by atoms with E-state index in [1.165, 1.54) is 0 Å². The molecule has 92 valence electrons. The van der Waals surface area contributed by atoms with Crippen LogP contribution in [0.3, 0.4) is 0 Å². The lowest BCUT2D eigenvalue weighted by Crippen LogP contribution is -2.16. The van der Waals surface area contributed by atoms with Crippen LogP contribution in [0.4, 0.5) is 0 Å². The zero-order chi connectivity index (χ0) is 12.6. The van der Waals surface area contributed by atoms with Crippen molar-refractivity contribution in [1.29, 1.82) is 0 Å². The molecule has 0 fully saturated rings. The first-order valence-electron chi connectivity index (χ1n) is 5.19. The minimum atomic E-state index is -0.673. The molecular formula is C11H18O5. The highest BCUT2D eigenvalue weighted by molar-refractivity contribution is 5.91. The standard InChI is InChI=1S/C11H18O5/c1-4-9(12)7-15-10(13)5-6-11(14)16-8(2)3/h5-6,8-9,12H,4,7H2,1-3H3/b6-5+. The van der Waals surface area contributed by atoms with Crippen LogP contribution in [-0.2, 0) is 19.1 Å². The van der Waals surface area contributed by atoms with E-state index < -0.39 is 18.0 Å². The summed E-state index contributed by atoms with van der Waals surface area (Å²) in [6, 6.07) is 0. The van der Waals surface area contributed by atoms with Crippen molar-refractivity contribution < 1.29 is 24.2 Å². The largest absolute Gasteiger partial charge is 0.460 e. The van der Waals surface area contributed by atoms with Crippen LogP contribution in [0.5, 0.6) is 0 Å². The summed E-state index contributed by atoms with van der Waals surface area (Å²) in [5.41, 5.74) is 0. The maximum Gasteiger partial charge on any atom is 0.331 e. The SMILES string of the molecule is CCC(O)COC(=O)/C=C/C(=O)OC(C)C. The monoisotopic (exact) mass is 230 g/mol. The summed E-state index contributed by atoms with van der Waals surface area (Å²) >= 11 is 0. The molecule has 0 aliphatic rings. The molecule has 0 aromatic carbocycles. The van der Waals surface area contributed by atoms with Crippen LogP contribution in [0.1, 0.15) is 27.2 Å². The molecule has 0 heterocycles. The van der Waals surface area contributed by atoms with Gasteiger partial charge in [0, 0.05) is 12.2 Å². The molecule has 5 nitrogen and oxygen atoms in total. The van der Waals surface area contributed by atoms with Gasteiger partial charge in [-0.2, -0.15) is 0 Å². The lowest BCUT2D eigenvalue weighted by Gasteiger charge is -2.07. The molecule has 0 aliphatic carbocycles. The highest BCUT2D eigenvalue weighted by Crippen LogP contribution is 1.94. The molecule has 1 unspecified atom stereocenters. The second-order valence-corrected chi connectivity index (χ2v) is 3.51. The van der Waals surface area contributed by atoms with E-state index in [0.717, 1.165) is 12.2 Å². The van der Waals surface area contributed by atoms with Crippen LogP contribution in [0.15, 0.2) is 12.2 Å². The van der Waals surface area contributed by atoms with Crippen molar-refractivity contribution in [3.8, 4) is 0 Å². The van der Waals surface area contributed by atoms with Gasteiger partial charge in [-0.05, 0) is 20.3 Å². The highest BCUT2D eigenvalue weighted by atomic mass is 16.5. The van der Waals surface area contributed by atoms with Gasteiger partial charge in [-0.25, -0.2) is 9.59 Å². The van der Waals surface area contributed by atoms with Gasteiger partial charge >= 0.3 is 11.9 Å². The fourth-order valence-corrected chi connectivity index (χ4v) is 0.752. The summed E-state index contributed by atoms with van der Waals surface area (Å²) in [6.45, 7) is 5.12. The number of hydrogen-bond donors (Lipinski definition) is 1. The third kappa shape index (κ3) is 7.99. The Bertz CT molecular complexity index is 257. The van der Waals surface area contributed by atoms with Crippen LogP contribution < -0.4 is 0 Å². The summed E-state index contributed by atoms with van der Waals surface area (Å²) in [5, 5.41) is 9.11. The normalized spacial score (nSPS) is 12.8. The Morgan fingerprint density at radius 3 is 2.31 bits per heavy atom. The first kappa shape index (κ1) is 14.6. The van der Waals surface area contributed by atoms with E-state index in [9.17, 15) is 9.59 Å². The maximum atomic E-state index is 11.0. The molecule has 0 aliphatic heterocycles. The molecule has 0 amide bonds. The molecule has 1 N–H and O–H groups in total. The summed E-state index contributed by atoms with van der Waals surface area (Å²) < 4.78 is 9.43. The van der Waals surface area contributed by atoms with Crippen molar-refractivity contribution in [2.75, 3.05) is 6.61 Å². The summed E-state index contributed by atoms with van der Waals surface area (Å²) in [5.74, 6) is -1.27. The van der Waals surface area contributed by atoms with E-state index in [0.29, 0.717) is 6.42 Å². The Labute approximate surface area is 95.0 Å². The van der Waals surface area contributed by atoms with Gasteiger partial charge in [0.05, 0.1) is 12.2 Å². The summed E-state index contributed by atoms with van der Waals surface area (Å²) in [6.07, 6.45) is 1.59. The van der Waals surface area contributed by atoms with E-state index >= 15 is 0 Å². The Morgan fingerprint density at radius 2 is 1.81 bits per heavy atom. The molecule has 0 spiro atoms. The molecule has 0 aromatic rings. The Hall–Kier alpha value is -1.36. The fourth-order valence-electron chi connectivity index (χ4n) is 0.752. The Morgan fingerprint density at radius 1 is 1.25 bits per heavy atom. The molecule has 1 atom stereocenters. The number of aliphatic hydroxyl groups excluding tert-OH is 1. The number of ether oxygens (including phenoxy) is 2. The molecule has 0 rings (SSSR count). The first-order chi connectivity index (χ1) is 7.45. The summed E-state index contributed by atoms with van der Waals surface area (Å²) in [4.78, 5) is 22.0. The van der Waals surface area contributed by atoms with Gasteiger partial charge < -0.3 is 14.6 Å². The molecule has 0 radical (unpaired) electrons. The van der Waals surface area contributed by atoms with E-state index in [1.54, 1.807) is 20.8 Å². The van der Waals surface area contributed by atoms with Gasteiger partial charge in [-0.1, -0.05) is 6.92 Å². The van der Waals surface area contributed by atoms with Crippen molar-refractivity contribution in [1.82, 2.24) is 0 Å². The molecule has 0 aromatic heterocycles. The van der Waals surface area contributed by atoms with E-state index in [1.807, 2.05) is 0 Å². The predicted octanol–water partition coefficient (Wildman–Crippen LogP) is 0.808. The van der Waals surface area contributed by atoms with Crippen LogP contribution in [0, 0.1) is 0 Å². The summed E-state index contributed by atoms with van der Waals surface area (Å²) in [7, 11) is 0. The fraction of sp³-hybridized carbons (Fsp3) is 0.636. The van der Waals surface area contributed by atoms with Crippen molar-refractivity contribution in [2.45, 2.75) is 39.4 Å². The number of rotatable bonds is 6. The van der Waals surface area contributed by atoms with E-state index in [2.05, 4.69) is 4.74 Å².